The molecule has 2 fully saturated rings. The Hall–Kier alpha value is -3.53. The second kappa shape index (κ2) is 14.3. The van der Waals surface area contributed by atoms with E-state index >= 15 is 0 Å². The topological polar surface area (TPSA) is 155 Å². The highest BCUT2D eigenvalue weighted by atomic mass is 32.2. The van der Waals surface area contributed by atoms with Crippen molar-refractivity contribution in [1.29, 1.82) is 0 Å². The van der Waals surface area contributed by atoms with E-state index in [0.717, 1.165) is 36.0 Å². The molecule has 0 aliphatic carbocycles. The quantitative estimate of drug-likeness (QED) is 0.247. The molecule has 3 heterocycles. The van der Waals surface area contributed by atoms with Gasteiger partial charge in [-0.05, 0) is 91.1 Å². The molecule has 1 amide bonds. The molecule has 2 aromatic carbocycles. The summed E-state index contributed by atoms with van der Waals surface area (Å²) in [6, 6.07) is 8.59. The van der Waals surface area contributed by atoms with Gasteiger partial charge in [0.1, 0.15) is 5.82 Å². The minimum Gasteiger partial charge on any atom is -0.475 e. The highest BCUT2D eigenvalue weighted by Crippen LogP contribution is 2.37. The zero-order valence-corrected chi connectivity index (χ0v) is 25.4. The zero-order chi connectivity index (χ0) is 32.9. The molecule has 5 rings (SSSR count). The van der Waals surface area contributed by atoms with Gasteiger partial charge in [-0.1, -0.05) is 0 Å². The SMILES string of the molecule is CCS(=O)(=O)N1CCC(c2c[nH]c3c(C(N)=O)cc(-c4cc(F)cc(CNC[C@@H]5CCCO5)c4)cc23)CC1.O=C(O)C(F)(F)F. The highest BCUT2D eigenvalue weighted by molar-refractivity contribution is 7.89. The lowest BCUT2D eigenvalue weighted by Gasteiger charge is -2.31. The minimum absolute atomic E-state index is 0.0928. The lowest BCUT2D eigenvalue weighted by atomic mass is 9.88. The van der Waals surface area contributed by atoms with E-state index in [1.165, 1.54) is 12.1 Å². The molecule has 246 valence electrons. The van der Waals surface area contributed by atoms with Crippen LogP contribution in [0.4, 0.5) is 17.6 Å². The van der Waals surface area contributed by atoms with Crippen molar-refractivity contribution in [2.24, 2.45) is 5.73 Å². The number of nitrogens with two attached hydrogens (primary N) is 1. The zero-order valence-electron chi connectivity index (χ0n) is 24.6. The monoisotopic (exact) mass is 656 g/mol. The number of carbonyl (C=O) groups is 2. The predicted molar refractivity (Wildman–Crippen MR) is 160 cm³/mol. The number of H-pyrrole nitrogens is 1. The van der Waals surface area contributed by atoms with E-state index in [-0.39, 0.29) is 23.6 Å². The van der Waals surface area contributed by atoms with Gasteiger partial charge in [0.25, 0.3) is 5.91 Å². The molecule has 3 aromatic rings. The third-order valence-corrected chi connectivity index (χ3v) is 9.88. The Morgan fingerprint density at radius 2 is 1.78 bits per heavy atom. The lowest BCUT2D eigenvalue weighted by Crippen LogP contribution is -2.38. The molecule has 0 spiro atoms. The smallest absolute Gasteiger partial charge is 0.475 e. The molecule has 0 unspecified atom stereocenters. The molecule has 0 radical (unpaired) electrons. The number of rotatable bonds is 9. The molecule has 2 saturated heterocycles. The number of alkyl halides is 3. The summed E-state index contributed by atoms with van der Waals surface area (Å²) in [6.45, 7) is 4.59. The van der Waals surface area contributed by atoms with E-state index in [1.807, 2.05) is 18.3 Å². The number of primary amides is 1. The fourth-order valence-electron chi connectivity index (χ4n) is 5.68. The first-order chi connectivity index (χ1) is 21.2. The number of aromatic nitrogens is 1. The van der Waals surface area contributed by atoms with Crippen LogP contribution in [0.5, 0.6) is 0 Å². The van der Waals surface area contributed by atoms with Crippen molar-refractivity contribution >= 4 is 32.8 Å². The summed E-state index contributed by atoms with van der Waals surface area (Å²) in [5.41, 5.74) is 9.94. The van der Waals surface area contributed by atoms with Gasteiger partial charge in [0.15, 0.2) is 0 Å². The summed E-state index contributed by atoms with van der Waals surface area (Å²) in [5, 5.41) is 11.3. The number of sulfonamides is 1. The number of carbonyl (C=O) groups excluding carboxylic acids is 1. The second-order valence-electron chi connectivity index (χ2n) is 11.0. The summed E-state index contributed by atoms with van der Waals surface area (Å²) in [4.78, 5) is 24.5. The number of carboxylic acids is 1. The van der Waals surface area contributed by atoms with Crippen molar-refractivity contribution in [2.45, 2.75) is 57.3 Å². The standard InChI is InChI=1S/C28H35FN4O4S.C2HF3O2/c1-2-38(35,36)33-7-5-19(6-8-33)26-17-32-27-24(26)13-21(14-25(27)28(30)34)20-10-18(11-22(29)12-20)15-31-16-23-4-3-9-37-23;3-2(4,5)1(6)7/h10-14,17,19,23,31-32H,2-9,15-16H2,1H3,(H2,30,34);(H,6,7)/t23-;/m0./s1. The fourth-order valence-corrected chi connectivity index (χ4v) is 6.81. The van der Waals surface area contributed by atoms with Crippen molar-refractivity contribution < 1.29 is 45.4 Å². The molecule has 0 saturated carbocycles. The van der Waals surface area contributed by atoms with Gasteiger partial charge in [-0.2, -0.15) is 13.2 Å². The van der Waals surface area contributed by atoms with Gasteiger partial charge >= 0.3 is 12.1 Å². The van der Waals surface area contributed by atoms with E-state index in [4.69, 9.17) is 20.4 Å². The van der Waals surface area contributed by atoms with E-state index in [2.05, 4.69) is 10.3 Å². The molecule has 2 aliphatic heterocycles. The van der Waals surface area contributed by atoms with Crippen molar-refractivity contribution in [3.63, 3.8) is 0 Å². The van der Waals surface area contributed by atoms with Crippen LogP contribution in [-0.2, 0) is 26.1 Å². The number of carboxylic acid groups (broad SMARTS) is 1. The van der Waals surface area contributed by atoms with Crippen LogP contribution in [0.1, 0.15) is 60.0 Å². The van der Waals surface area contributed by atoms with Crippen molar-refractivity contribution in [1.82, 2.24) is 14.6 Å². The second-order valence-corrected chi connectivity index (χ2v) is 13.3. The molecule has 10 nitrogen and oxygen atoms in total. The third-order valence-electron chi connectivity index (χ3n) is 8.00. The molecular formula is C30H36F4N4O6S. The van der Waals surface area contributed by atoms with Gasteiger partial charge in [-0.25, -0.2) is 21.9 Å². The predicted octanol–water partition coefficient (Wildman–Crippen LogP) is 4.50. The Balaban J connectivity index is 0.000000591. The highest BCUT2D eigenvalue weighted by Gasteiger charge is 2.38. The Morgan fingerprint density at radius 3 is 2.36 bits per heavy atom. The number of amides is 1. The maximum atomic E-state index is 14.7. The number of aliphatic carboxylic acids is 1. The maximum absolute atomic E-state index is 14.7. The van der Waals surface area contributed by atoms with Crippen LogP contribution < -0.4 is 11.1 Å². The van der Waals surface area contributed by atoms with Crippen LogP contribution >= 0.6 is 0 Å². The van der Waals surface area contributed by atoms with Crippen molar-refractivity contribution in [3.05, 3.63) is 59.0 Å². The largest absolute Gasteiger partial charge is 0.490 e. The van der Waals surface area contributed by atoms with E-state index < -0.39 is 28.1 Å². The Labute approximate surface area is 258 Å². The van der Waals surface area contributed by atoms with Crippen LogP contribution in [0.2, 0.25) is 0 Å². The normalized spacial score (nSPS) is 18.1. The van der Waals surface area contributed by atoms with E-state index in [1.54, 1.807) is 17.3 Å². The van der Waals surface area contributed by atoms with Gasteiger partial charge in [-0.15, -0.1) is 0 Å². The first-order valence-electron chi connectivity index (χ1n) is 14.5. The summed E-state index contributed by atoms with van der Waals surface area (Å²) in [7, 11) is -3.22. The summed E-state index contributed by atoms with van der Waals surface area (Å²) in [5.74, 6) is -3.45. The van der Waals surface area contributed by atoms with Gasteiger partial charge in [0, 0.05) is 44.4 Å². The van der Waals surface area contributed by atoms with Crippen molar-refractivity contribution in [3.8, 4) is 11.1 Å². The van der Waals surface area contributed by atoms with Gasteiger partial charge in [0.05, 0.1) is 22.9 Å². The number of aromatic amines is 1. The number of benzene rings is 2. The molecule has 45 heavy (non-hydrogen) atoms. The fraction of sp³-hybridized carbons (Fsp3) is 0.467. The molecular weight excluding hydrogens is 620 g/mol. The van der Waals surface area contributed by atoms with Crippen LogP contribution in [-0.4, -0.2) is 79.0 Å². The minimum atomic E-state index is -5.08. The summed E-state index contributed by atoms with van der Waals surface area (Å²) >= 11 is 0. The van der Waals surface area contributed by atoms with Gasteiger partial charge < -0.3 is 25.9 Å². The van der Waals surface area contributed by atoms with E-state index in [9.17, 15) is 30.8 Å². The molecule has 5 N–H and O–H groups in total. The number of halogens is 4. The number of piperidine rings is 1. The Morgan fingerprint density at radius 1 is 1.11 bits per heavy atom. The van der Waals surface area contributed by atoms with Crippen LogP contribution in [0, 0.1) is 5.82 Å². The van der Waals surface area contributed by atoms with Crippen molar-refractivity contribution in [2.75, 3.05) is 32.0 Å². The lowest BCUT2D eigenvalue weighted by molar-refractivity contribution is -0.192. The van der Waals surface area contributed by atoms with Crippen LogP contribution in [0.3, 0.4) is 0 Å². The Bertz CT molecular complexity index is 1630. The van der Waals surface area contributed by atoms with Gasteiger partial charge in [-0.3, -0.25) is 4.79 Å². The number of nitrogens with one attached hydrogen (secondary N) is 2. The third kappa shape index (κ3) is 8.60. The number of nitrogens with zero attached hydrogens (tertiary/aromatic N) is 1. The molecule has 1 atom stereocenters. The molecule has 1 aromatic heterocycles. The maximum Gasteiger partial charge on any atom is 0.490 e. The average Bonchev–Trinajstić information content (AvgIpc) is 3.66. The number of hydrogen-bond donors (Lipinski definition) is 4. The van der Waals surface area contributed by atoms with Gasteiger partial charge in [0.2, 0.25) is 10.0 Å². The van der Waals surface area contributed by atoms with Crippen LogP contribution in [0.15, 0.2) is 36.5 Å². The first kappa shape index (κ1) is 34.3. The summed E-state index contributed by atoms with van der Waals surface area (Å²) in [6.07, 6.45) is 0.473. The molecule has 2 aliphatic rings. The number of fused-ring (bicyclic) bond motifs is 1. The number of ether oxygens (including phenoxy) is 1. The average molecular weight is 657 g/mol. The molecule has 0 bridgehead atoms. The first-order valence-corrected chi connectivity index (χ1v) is 16.2. The van der Waals surface area contributed by atoms with E-state index in [0.29, 0.717) is 61.2 Å². The Kier molecular flexibility index (Phi) is 10.9. The summed E-state index contributed by atoms with van der Waals surface area (Å²) < 4.78 is 78.2. The molecule has 15 heteroatoms. The van der Waals surface area contributed by atoms with Crippen LogP contribution in [0.25, 0.3) is 22.0 Å². The number of hydrogen-bond acceptors (Lipinski definition) is 6.